The zero-order chi connectivity index (χ0) is 12.8. The molecule has 0 unspecified atom stereocenters. The Morgan fingerprint density at radius 1 is 0.833 bits per heavy atom. The van der Waals surface area contributed by atoms with Crippen LogP contribution in [-0.4, -0.2) is 6.10 Å². The summed E-state index contributed by atoms with van der Waals surface area (Å²) in [6.07, 6.45) is 0.145. The van der Waals surface area contributed by atoms with Gasteiger partial charge in [0, 0.05) is 0 Å². The SMILES string of the molecule is CC(C)Oc1ccccc1OCc1ccccc1. The molecule has 2 rings (SSSR count). The molecular weight excluding hydrogens is 224 g/mol. The highest BCUT2D eigenvalue weighted by atomic mass is 16.5. The van der Waals surface area contributed by atoms with E-state index in [1.165, 1.54) is 0 Å². The van der Waals surface area contributed by atoms with E-state index in [1.54, 1.807) is 0 Å². The Morgan fingerprint density at radius 2 is 1.44 bits per heavy atom. The molecule has 0 spiro atoms. The van der Waals surface area contributed by atoms with Crippen molar-refractivity contribution in [3.8, 4) is 11.5 Å². The Labute approximate surface area is 108 Å². The van der Waals surface area contributed by atoms with Crippen LogP contribution in [0.1, 0.15) is 19.4 Å². The van der Waals surface area contributed by atoms with Crippen LogP contribution in [0.25, 0.3) is 0 Å². The third kappa shape index (κ3) is 3.52. The number of benzene rings is 2. The summed E-state index contributed by atoms with van der Waals surface area (Å²) in [6, 6.07) is 17.9. The largest absolute Gasteiger partial charge is 0.487 e. The molecule has 94 valence electrons. The molecule has 2 aromatic rings. The van der Waals surface area contributed by atoms with Gasteiger partial charge in [-0.25, -0.2) is 0 Å². The van der Waals surface area contributed by atoms with Gasteiger partial charge in [0.15, 0.2) is 11.5 Å². The third-order valence-corrected chi connectivity index (χ3v) is 2.45. The van der Waals surface area contributed by atoms with E-state index in [0.29, 0.717) is 6.61 Å². The molecule has 0 aromatic heterocycles. The molecule has 0 aliphatic rings. The number of para-hydroxylation sites is 2. The fourth-order valence-corrected chi connectivity index (χ4v) is 1.66. The van der Waals surface area contributed by atoms with Gasteiger partial charge < -0.3 is 9.47 Å². The standard InChI is InChI=1S/C16H18O2/c1-13(2)18-16-11-7-6-10-15(16)17-12-14-8-4-3-5-9-14/h3-11,13H,12H2,1-2H3. The molecule has 0 aliphatic heterocycles. The van der Waals surface area contributed by atoms with Crippen molar-refractivity contribution in [1.29, 1.82) is 0 Å². The predicted molar refractivity (Wildman–Crippen MR) is 73.0 cm³/mol. The minimum absolute atomic E-state index is 0.145. The van der Waals surface area contributed by atoms with E-state index in [-0.39, 0.29) is 6.10 Å². The van der Waals surface area contributed by atoms with Crippen molar-refractivity contribution >= 4 is 0 Å². The molecule has 0 saturated carbocycles. The summed E-state index contributed by atoms with van der Waals surface area (Å²) in [4.78, 5) is 0. The van der Waals surface area contributed by atoms with Crippen molar-refractivity contribution in [3.63, 3.8) is 0 Å². The molecule has 0 fully saturated rings. The first-order chi connectivity index (χ1) is 8.75. The van der Waals surface area contributed by atoms with Crippen molar-refractivity contribution in [3.05, 3.63) is 60.2 Å². The lowest BCUT2D eigenvalue weighted by molar-refractivity contribution is 0.218. The molecule has 0 bridgehead atoms. The van der Waals surface area contributed by atoms with E-state index in [9.17, 15) is 0 Å². The first-order valence-electron chi connectivity index (χ1n) is 6.18. The van der Waals surface area contributed by atoms with Gasteiger partial charge in [0.25, 0.3) is 0 Å². The van der Waals surface area contributed by atoms with Crippen LogP contribution in [-0.2, 0) is 6.61 Å². The first kappa shape index (κ1) is 12.5. The molecule has 0 radical (unpaired) electrons. The van der Waals surface area contributed by atoms with Gasteiger partial charge in [0.05, 0.1) is 6.10 Å². The Morgan fingerprint density at radius 3 is 2.11 bits per heavy atom. The fraction of sp³-hybridized carbons (Fsp3) is 0.250. The van der Waals surface area contributed by atoms with Crippen molar-refractivity contribution in [2.45, 2.75) is 26.6 Å². The predicted octanol–water partition coefficient (Wildman–Crippen LogP) is 4.05. The molecule has 2 heteroatoms. The third-order valence-electron chi connectivity index (χ3n) is 2.45. The van der Waals surface area contributed by atoms with Crippen LogP contribution in [0.3, 0.4) is 0 Å². The summed E-state index contributed by atoms with van der Waals surface area (Å²) in [5.74, 6) is 1.58. The first-order valence-corrected chi connectivity index (χ1v) is 6.18. The average molecular weight is 242 g/mol. The minimum atomic E-state index is 0.145. The second-order valence-corrected chi connectivity index (χ2v) is 4.39. The van der Waals surface area contributed by atoms with Gasteiger partial charge in [-0.3, -0.25) is 0 Å². The normalized spacial score (nSPS) is 10.4. The molecule has 0 atom stereocenters. The van der Waals surface area contributed by atoms with Crippen LogP contribution in [0.4, 0.5) is 0 Å². The van der Waals surface area contributed by atoms with E-state index in [4.69, 9.17) is 9.47 Å². The summed E-state index contributed by atoms with van der Waals surface area (Å²) in [6.45, 7) is 4.57. The van der Waals surface area contributed by atoms with Crippen LogP contribution >= 0.6 is 0 Å². The Kier molecular flexibility index (Phi) is 4.24. The quantitative estimate of drug-likeness (QED) is 0.787. The topological polar surface area (TPSA) is 18.5 Å². The van der Waals surface area contributed by atoms with Gasteiger partial charge in [-0.1, -0.05) is 42.5 Å². The van der Waals surface area contributed by atoms with E-state index < -0.39 is 0 Å². The van der Waals surface area contributed by atoms with Crippen LogP contribution in [0.2, 0.25) is 0 Å². The molecule has 18 heavy (non-hydrogen) atoms. The second-order valence-electron chi connectivity index (χ2n) is 4.39. The summed E-state index contributed by atoms with van der Waals surface area (Å²) >= 11 is 0. The Balaban J connectivity index is 2.05. The maximum Gasteiger partial charge on any atom is 0.161 e. The molecule has 2 aromatic carbocycles. The van der Waals surface area contributed by atoms with Gasteiger partial charge in [-0.2, -0.15) is 0 Å². The molecule has 0 heterocycles. The number of ether oxygens (including phenoxy) is 2. The lowest BCUT2D eigenvalue weighted by Gasteiger charge is -2.14. The summed E-state index contributed by atoms with van der Waals surface area (Å²) < 4.78 is 11.5. The Bertz CT molecular complexity index is 477. The maximum atomic E-state index is 5.80. The van der Waals surface area contributed by atoms with Crippen LogP contribution in [0.5, 0.6) is 11.5 Å². The smallest absolute Gasteiger partial charge is 0.161 e. The maximum absolute atomic E-state index is 5.80. The van der Waals surface area contributed by atoms with Crippen LogP contribution in [0.15, 0.2) is 54.6 Å². The van der Waals surface area contributed by atoms with Gasteiger partial charge in [0.1, 0.15) is 6.61 Å². The highest BCUT2D eigenvalue weighted by molar-refractivity contribution is 5.39. The number of rotatable bonds is 5. The highest BCUT2D eigenvalue weighted by Crippen LogP contribution is 2.28. The summed E-state index contributed by atoms with van der Waals surface area (Å²) in [5.41, 5.74) is 1.15. The Hall–Kier alpha value is -1.96. The monoisotopic (exact) mass is 242 g/mol. The fourth-order valence-electron chi connectivity index (χ4n) is 1.66. The lowest BCUT2D eigenvalue weighted by atomic mass is 10.2. The molecule has 0 saturated heterocycles. The van der Waals surface area contributed by atoms with Gasteiger partial charge in [-0.15, -0.1) is 0 Å². The van der Waals surface area contributed by atoms with Gasteiger partial charge in [-0.05, 0) is 31.5 Å². The zero-order valence-electron chi connectivity index (χ0n) is 10.8. The molecule has 0 aliphatic carbocycles. The number of hydrogen-bond donors (Lipinski definition) is 0. The van der Waals surface area contributed by atoms with E-state index in [2.05, 4.69) is 0 Å². The van der Waals surface area contributed by atoms with Crippen molar-refractivity contribution in [1.82, 2.24) is 0 Å². The van der Waals surface area contributed by atoms with Crippen LogP contribution in [0, 0.1) is 0 Å². The summed E-state index contributed by atoms with van der Waals surface area (Å²) in [5, 5.41) is 0. The van der Waals surface area contributed by atoms with Gasteiger partial charge in [0.2, 0.25) is 0 Å². The molecule has 0 N–H and O–H groups in total. The van der Waals surface area contributed by atoms with E-state index in [1.807, 2.05) is 68.4 Å². The van der Waals surface area contributed by atoms with Crippen molar-refractivity contribution < 1.29 is 9.47 Å². The average Bonchev–Trinajstić information content (AvgIpc) is 2.38. The van der Waals surface area contributed by atoms with E-state index in [0.717, 1.165) is 17.1 Å². The molecular formula is C16H18O2. The van der Waals surface area contributed by atoms with Crippen molar-refractivity contribution in [2.75, 3.05) is 0 Å². The van der Waals surface area contributed by atoms with Crippen LogP contribution < -0.4 is 9.47 Å². The second kappa shape index (κ2) is 6.10. The lowest BCUT2D eigenvalue weighted by Crippen LogP contribution is -2.07. The van der Waals surface area contributed by atoms with Gasteiger partial charge >= 0.3 is 0 Å². The molecule has 0 amide bonds. The van der Waals surface area contributed by atoms with E-state index >= 15 is 0 Å². The highest BCUT2D eigenvalue weighted by Gasteiger charge is 2.05. The summed E-state index contributed by atoms with van der Waals surface area (Å²) in [7, 11) is 0. The molecule has 2 nitrogen and oxygen atoms in total. The van der Waals surface area contributed by atoms with Crippen molar-refractivity contribution in [2.24, 2.45) is 0 Å². The number of hydrogen-bond acceptors (Lipinski definition) is 2. The minimum Gasteiger partial charge on any atom is -0.487 e. The zero-order valence-corrected chi connectivity index (χ0v) is 10.8.